The van der Waals surface area contributed by atoms with Crippen LogP contribution in [0.15, 0.2) is 68.8 Å². The van der Waals surface area contributed by atoms with Crippen LogP contribution in [0, 0.1) is 5.92 Å². The fourth-order valence-electron chi connectivity index (χ4n) is 7.25. The van der Waals surface area contributed by atoms with Crippen molar-refractivity contribution >= 4 is 29.5 Å². The first kappa shape index (κ1) is 26.4. The molecule has 4 aliphatic heterocycles. The van der Waals surface area contributed by atoms with Gasteiger partial charge in [-0.3, -0.25) is 15.1 Å². The number of methoxy groups -OCH3 is 1. The van der Waals surface area contributed by atoms with Crippen LogP contribution in [0.3, 0.4) is 0 Å². The topological polar surface area (TPSA) is 78.8 Å². The molecule has 0 fully saturated rings. The summed E-state index contributed by atoms with van der Waals surface area (Å²) in [5, 5.41) is 6.07. The van der Waals surface area contributed by atoms with Crippen molar-refractivity contribution in [2.45, 2.75) is 83.8 Å². The van der Waals surface area contributed by atoms with Crippen molar-refractivity contribution in [3.05, 3.63) is 69.6 Å². The zero-order chi connectivity index (χ0) is 27.3. The van der Waals surface area contributed by atoms with E-state index in [1.54, 1.807) is 0 Å². The van der Waals surface area contributed by atoms with E-state index in [1.807, 2.05) is 0 Å². The maximum atomic E-state index is 12.3. The Bertz CT molecular complexity index is 1480. The van der Waals surface area contributed by atoms with E-state index in [9.17, 15) is 4.79 Å². The number of nitrogens with one attached hydrogen (secondary N) is 2. The van der Waals surface area contributed by atoms with Gasteiger partial charge < -0.3 is 9.72 Å². The van der Waals surface area contributed by atoms with Crippen LogP contribution in [0.2, 0.25) is 0 Å². The van der Waals surface area contributed by atoms with Crippen molar-refractivity contribution < 1.29 is 9.53 Å². The van der Waals surface area contributed by atoms with Gasteiger partial charge in [-0.1, -0.05) is 32.4 Å². The number of carbonyl (C=O) groups excluding carboxylic acids is 1. The van der Waals surface area contributed by atoms with Gasteiger partial charge in [0.1, 0.15) is 0 Å². The summed E-state index contributed by atoms with van der Waals surface area (Å²) in [5.74, 6) is -0.0549. The molecule has 4 unspecified atom stereocenters. The Hall–Kier alpha value is -3.25. The molecule has 0 radical (unpaired) electrons. The second-order valence-electron chi connectivity index (χ2n) is 11.3. The highest BCUT2D eigenvalue weighted by atomic mass is 16.5. The second-order valence-corrected chi connectivity index (χ2v) is 11.3. The molecule has 8 bridgehead atoms. The lowest BCUT2D eigenvalue weighted by molar-refractivity contribution is -0.140. The van der Waals surface area contributed by atoms with Crippen molar-refractivity contribution in [3.63, 3.8) is 0 Å². The van der Waals surface area contributed by atoms with Crippen molar-refractivity contribution in [3.8, 4) is 0 Å². The van der Waals surface area contributed by atoms with Crippen LogP contribution in [0.4, 0.5) is 0 Å². The number of allylic oxidation sites excluding steroid dienone is 3. The summed E-state index contributed by atoms with van der Waals surface area (Å²) in [6.07, 6.45) is 15.7. The Morgan fingerprint density at radius 3 is 2.50 bits per heavy atom. The molecule has 0 spiro atoms. The molecule has 2 N–H and O–H groups in total. The van der Waals surface area contributed by atoms with Crippen LogP contribution in [-0.4, -0.2) is 46.1 Å². The van der Waals surface area contributed by atoms with E-state index >= 15 is 0 Å². The third kappa shape index (κ3) is 4.19. The number of nitrogens with zero attached hydrogens (tertiary/aromatic N) is 2. The van der Waals surface area contributed by atoms with Gasteiger partial charge in [-0.05, 0) is 93.7 Å². The Morgan fingerprint density at radius 2 is 1.82 bits per heavy atom. The first-order chi connectivity index (χ1) is 18.1. The van der Waals surface area contributed by atoms with Crippen LogP contribution >= 0.6 is 0 Å². The highest BCUT2D eigenvalue weighted by Gasteiger charge is 2.55. The summed E-state index contributed by atoms with van der Waals surface area (Å²) >= 11 is 0. The van der Waals surface area contributed by atoms with E-state index < -0.39 is 5.54 Å². The van der Waals surface area contributed by atoms with Crippen LogP contribution in [0.5, 0.6) is 0 Å². The minimum atomic E-state index is -0.447. The molecule has 1 aromatic heterocycles. The molecule has 0 saturated carbocycles. The Balaban J connectivity index is 1.76. The SMILES string of the molecule is CCC12N=C(/C=c3/cc/c([nH]3)=C/C3=NC(=C\C4(C)C=C(C)C(CC)(N4)C1C)/C=C3)C(C)=C2CCC(=O)OC. The summed E-state index contributed by atoms with van der Waals surface area (Å²) in [4.78, 5) is 26.2. The maximum absolute atomic E-state index is 12.3. The number of fused-ring (bicyclic) bond motifs is 6. The number of aromatic amines is 1. The second kappa shape index (κ2) is 9.49. The van der Waals surface area contributed by atoms with E-state index in [0.717, 1.165) is 46.2 Å². The minimum absolute atomic E-state index is 0.133. The minimum Gasteiger partial charge on any atom is -0.469 e. The first-order valence-electron chi connectivity index (χ1n) is 13.8. The quantitative estimate of drug-likeness (QED) is 0.452. The number of aromatic nitrogens is 1. The van der Waals surface area contributed by atoms with E-state index in [-0.39, 0.29) is 23.0 Å². The van der Waals surface area contributed by atoms with Crippen molar-refractivity contribution in [1.82, 2.24) is 10.3 Å². The summed E-state index contributed by atoms with van der Waals surface area (Å²) in [5.41, 5.74) is 5.54. The molecule has 1 aromatic rings. The van der Waals surface area contributed by atoms with Crippen LogP contribution in [0.25, 0.3) is 12.2 Å². The molecule has 0 aliphatic carbocycles. The highest BCUT2D eigenvalue weighted by Crippen LogP contribution is 2.52. The third-order valence-electron chi connectivity index (χ3n) is 9.21. The molecule has 4 aliphatic rings. The van der Waals surface area contributed by atoms with Gasteiger partial charge in [0.15, 0.2) is 0 Å². The van der Waals surface area contributed by atoms with Gasteiger partial charge in [-0.25, -0.2) is 4.99 Å². The Kier molecular flexibility index (Phi) is 6.59. The summed E-state index contributed by atoms with van der Waals surface area (Å²) in [7, 11) is 1.46. The molecule has 0 aromatic carbocycles. The Labute approximate surface area is 225 Å². The zero-order valence-electron chi connectivity index (χ0n) is 23.7. The lowest BCUT2D eigenvalue weighted by atomic mass is 9.64. The average Bonchev–Trinajstić information content (AvgIpc) is 3.64. The Morgan fingerprint density at radius 1 is 1.08 bits per heavy atom. The largest absolute Gasteiger partial charge is 0.469 e. The summed E-state index contributed by atoms with van der Waals surface area (Å²) in [6, 6.07) is 4.16. The monoisotopic (exact) mass is 512 g/mol. The number of ether oxygens (including phenoxy) is 1. The number of rotatable bonds is 5. The van der Waals surface area contributed by atoms with Crippen molar-refractivity contribution in [1.29, 1.82) is 0 Å². The number of H-pyrrole nitrogens is 1. The molecular weight excluding hydrogens is 472 g/mol. The lowest BCUT2D eigenvalue weighted by Gasteiger charge is -2.48. The van der Waals surface area contributed by atoms with E-state index in [4.69, 9.17) is 14.7 Å². The molecule has 4 atom stereocenters. The molecule has 200 valence electrons. The maximum Gasteiger partial charge on any atom is 0.305 e. The zero-order valence-corrected chi connectivity index (χ0v) is 23.7. The predicted octanol–water partition coefficient (Wildman–Crippen LogP) is 4.45. The van der Waals surface area contributed by atoms with Crippen molar-refractivity contribution in [2.24, 2.45) is 15.9 Å². The number of esters is 1. The van der Waals surface area contributed by atoms with Gasteiger partial charge in [0.05, 0.1) is 35.3 Å². The summed E-state index contributed by atoms with van der Waals surface area (Å²) < 4.78 is 5.03. The molecule has 38 heavy (non-hydrogen) atoms. The van der Waals surface area contributed by atoms with Gasteiger partial charge in [-0.15, -0.1) is 0 Å². The molecule has 0 saturated heterocycles. The van der Waals surface area contributed by atoms with Gasteiger partial charge in [-0.2, -0.15) is 0 Å². The first-order valence-corrected chi connectivity index (χ1v) is 13.8. The molecule has 0 amide bonds. The molecular formula is C32H40N4O2. The van der Waals surface area contributed by atoms with Crippen LogP contribution < -0.4 is 16.0 Å². The average molecular weight is 513 g/mol. The predicted molar refractivity (Wildman–Crippen MR) is 156 cm³/mol. The number of aliphatic imine (C=N–C) groups is 2. The lowest BCUT2D eigenvalue weighted by Crippen LogP contribution is -2.60. The fraction of sp³-hybridized carbons (Fsp3) is 0.469. The normalized spacial score (nSPS) is 35.0. The number of carbonyl (C=O) groups is 1. The van der Waals surface area contributed by atoms with E-state index in [1.165, 1.54) is 18.3 Å². The summed E-state index contributed by atoms with van der Waals surface area (Å²) in [6.45, 7) is 13.5. The molecule has 6 heteroatoms. The smallest absolute Gasteiger partial charge is 0.305 e. The fourth-order valence-corrected chi connectivity index (χ4v) is 7.25. The number of hydrogen-bond donors (Lipinski definition) is 2. The molecule has 5 rings (SSSR count). The van der Waals surface area contributed by atoms with Gasteiger partial charge >= 0.3 is 5.97 Å². The van der Waals surface area contributed by atoms with Gasteiger partial charge in [0.25, 0.3) is 0 Å². The van der Waals surface area contributed by atoms with Crippen LogP contribution in [-0.2, 0) is 9.53 Å². The standard InChI is InChI=1S/C32H40N4O2/c1-8-31-20(3)18-30(6,36-31)19-26-13-12-24(34-26)16-23-10-11-25(33-23)17-28-21(4)27(14-15-29(37)38-7)32(9-2,35-28)22(31)5/h10-13,16-19,22,33,36H,8-9,14-15H2,1-7H3/b23-16-,25-17-,26-19-. The molecule has 6 nitrogen and oxygen atoms in total. The van der Waals surface area contributed by atoms with Crippen LogP contribution in [0.1, 0.15) is 67.2 Å². The highest BCUT2D eigenvalue weighted by molar-refractivity contribution is 6.22. The van der Waals surface area contributed by atoms with Gasteiger partial charge in [0, 0.05) is 28.6 Å². The van der Waals surface area contributed by atoms with Crippen molar-refractivity contribution in [2.75, 3.05) is 7.11 Å². The van der Waals surface area contributed by atoms with Gasteiger partial charge in [0.2, 0.25) is 0 Å². The number of hydrogen-bond acceptors (Lipinski definition) is 5. The van der Waals surface area contributed by atoms with E-state index in [0.29, 0.717) is 12.8 Å². The third-order valence-corrected chi connectivity index (χ3v) is 9.21. The van der Waals surface area contributed by atoms with E-state index in [2.05, 4.69) is 100 Å². The molecule has 5 heterocycles.